The van der Waals surface area contributed by atoms with Gasteiger partial charge in [-0.25, -0.2) is 18.8 Å². The summed E-state index contributed by atoms with van der Waals surface area (Å²) in [7, 11) is 0. The highest BCUT2D eigenvalue weighted by molar-refractivity contribution is 8.01. The van der Waals surface area contributed by atoms with E-state index in [-0.39, 0.29) is 23.3 Å². The quantitative estimate of drug-likeness (QED) is 0.798. The molecule has 26 heavy (non-hydrogen) atoms. The van der Waals surface area contributed by atoms with Crippen molar-refractivity contribution >= 4 is 35.3 Å². The molecule has 2 heterocycles. The molecule has 0 N–H and O–H groups in total. The normalized spacial score (nSPS) is 23.2. The van der Waals surface area contributed by atoms with Gasteiger partial charge in [-0.2, -0.15) is 0 Å². The van der Waals surface area contributed by atoms with E-state index < -0.39 is 22.4 Å². The van der Waals surface area contributed by atoms with Crippen LogP contribution in [0.15, 0.2) is 48.5 Å². The average Bonchev–Trinajstić information content (AvgIpc) is 3.17. The number of thioether (sulfide) groups is 2. The molecule has 2 unspecified atom stereocenters. The lowest BCUT2D eigenvalue weighted by Crippen LogP contribution is -2.47. The summed E-state index contributed by atoms with van der Waals surface area (Å²) in [6.45, 7) is 0. The predicted molar refractivity (Wildman–Crippen MR) is 96.9 cm³/mol. The number of carbonyl (C=O) groups excluding carboxylic acids is 2. The molecule has 2 fully saturated rings. The lowest BCUT2D eigenvalue weighted by atomic mass is 10.2. The smallest absolute Gasteiger partial charge is 0.252 e. The Morgan fingerprint density at radius 3 is 1.58 bits per heavy atom. The highest BCUT2D eigenvalue weighted by Gasteiger charge is 2.45. The van der Waals surface area contributed by atoms with Crippen LogP contribution in [0.4, 0.5) is 8.78 Å². The summed E-state index contributed by atoms with van der Waals surface area (Å²) in [4.78, 5) is 25.1. The fourth-order valence-electron chi connectivity index (χ4n) is 3.10. The fourth-order valence-corrected chi connectivity index (χ4v) is 5.36. The standard InChI is InChI=1S/C18H14F2N2O2S2/c19-13-5-1-3-11(7-13)17-21(15(23)9-25-17)22-16(24)10-26-18(22)12-4-2-6-14(20)8-12/h1-8,17-18H,9-10H2. The van der Waals surface area contributed by atoms with Crippen LogP contribution in [-0.4, -0.2) is 33.3 Å². The van der Waals surface area contributed by atoms with Crippen molar-refractivity contribution in [2.45, 2.75) is 10.7 Å². The Morgan fingerprint density at radius 2 is 1.19 bits per heavy atom. The summed E-state index contributed by atoms with van der Waals surface area (Å²) in [5.41, 5.74) is 1.23. The Labute approximate surface area is 157 Å². The monoisotopic (exact) mass is 392 g/mol. The van der Waals surface area contributed by atoms with Gasteiger partial charge >= 0.3 is 0 Å². The van der Waals surface area contributed by atoms with Crippen molar-refractivity contribution in [1.82, 2.24) is 10.0 Å². The second-order valence-corrected chi connectivity index (χ2v) is 8.05. The minimum atomic E-state index is -0.489. The van der Waals surface area contributed by atoms with E-state index in [9.17, 15) is 18.4 Å². The molecule has 2 amide bonds. The maximum absolute atomic E-state index is 13.6. The average molecular weight is 392 g/mol. The molecule has 0 spiro atoms. The molecule has 0 radical (unpaired) electrons. The SMILES string of the molecule is O=C1CSC(c2cccc(F)c2)N1N1C(=O)CSC1c1cccc(F)c1. The zero-order chi connectivity index (χ0) is 18.3. The molecular formula is C18H14F2N2O2S2. The first-order valence-corrected chi connectivity index (χ1v) is 10.0. The zero-order valence-corrected chi connectivity index (χ0v) is 15.1. The lowest BCUT2D eigenvalue weighted by molar-refractivity contribution is -0.161. The number of carbonyl (C=O) groups is 2. The second kappa shape index (κ2) is 6.92. The van der Waals surface area contributed by atoms with Gasteiger partial charge in [0.2, 0.25) is 0 Å². The highest BCUT2D eigenvalue weighted by atomic mass is 32.2. The largest absolute Gasteiger partial charge is 0.272 e. The van der Waals surface area contributed by atoms with Crippen LogP contribution in [-0.2, 0) is 9.59 Å². The van der Waals surface area contributed by atoms with Crippen LogP contribution in [0.25, 0.3) is 0 Å². The van der Waals surface area contributed by atoms with Crippen molar-refractivity contribution < 1.29 is 18.4 Å². The van der Waals surface area contributed by atoms with Crippen molar-refractivity contribution in [2.75, 3.05) is 11.5 Å². The van der Waals surface area contributed by atoms with Crippen molar-refractivity contribution in [3.05, 3.63) is 71.3 Å². The number of hydrogen-bond donors (Lipinski definition) is 0. The van der Waals surface area contributed by atoms with Gasteiger partial charge in [-0.05, 0) is 35.4 Å². The summed E-state index contributed by atoms with van der Waals surface area (Å²) in [5.74, 6) is -0.836. The van der Waals surface area contributed by atoms with E-state index in [2.05, 4.69) is 0 Å². The zero-order valence-electron chi connectivity index (χ0n) is 13.5. The molecule has 0 aromatic heterocycles. The molecular weight excluding hydrogens is 378 g/mol. The molecule has 2 aliphatic rings. The number of benzene rings is 2. The van der Waals surface area contributed by atoms with Crippen LogP contribution < -0.4 is 0 Å². The van der Waals surface area contributed by atoms with Crippen LogP contribution in [0, 0.1) is 11.6 Å². The number of nitrogens with zero attached hydrogens (tertiary/aromatic N) is 2. The summed E-state index contributed by atoms with van der Waals surface area (Å²) >= 11 is 2.68. The number of hydrogen-bond acceptors (Lipinski definition) is 4. The summed E-state index contributed by atoms with van der Waals surface area (Å²) in [6.07, 6.45) is 0. The first-order valence-electron chi connectivity index (χ1n) is 7.93. The van der Waals surface area contributed by atoms with E-state index >= 15 is 0 Å². The molecule has 4 rings (SSSR count). The van der Waals surface area contributed by atoms with Gasteiger partial charge in [-0.15, -0.1) is 23.5 Å². The van der Waals surface area contributed by atoms with Crippen LogP contribution in [0.2, 0.25) is 0 Å². The van der Waals surface area contributed by atoms with Crippen LogP contribution in [0.3, 0.4) is 0 Å². The molecule has 0 saturated carbocycles. The van der Waals surface area contributed by atoms with Crippen molar-refractivity contribution in [3.8, 4) is 0 Å². The highest BCUT2D eigenvalue weighted by Crippen LogP contribution is 2.47. The number of hydrazine groups is 1. The summed E-state index contributed by atoms with van der Waals surface area (Å²) in [5, 5.41) is 1.82. The topological polar surface area (TPSA) is 40.6 Å². The van der Waals surface area contributed by atoms with Gasteiger partial charge in [0.25, 0.3) is 11.8 Å². The van der Waals surface area contributed by atoms with Crippen LogP contribution >= 0.6 is 23.5 Å². The molecule has 2 aliphatic heterocycles. The van der Waals surface area contributed by atoms with Gasteiger partial charge in [0.15, 0.2) is 0 Å². The Morgan fingerprint density at radius 1 is 0.769 bits per heavy atom. The molecule has 4 nitrogen and oxygen atoms in total. The van der Waals surface area contributed by atoms with Gasteiger partial charge in [-0.1, -0.05) is 24.3 Å². The Kier molecular flexibility index (Phi) is 4.62. The summed E-state index contributed by atoms with van der Waals surface area (Å²) < 4.78 is 27.3. The first kappa shape index (κ1) is 17.4. The van der Waals surface area contributed by atoms with Crippen molar-refractivity contribution in [2.24, 2.45) is 0 Å². The molecule has 2 atom stereocenters. The van der Waals surface area contributed by atoms with E-state index in [1.807, 2.05) is 0 Å². The lowest BCUT2D eigenvalue weighted by Gasteiger charge is -2.36. The molecule has 8 heteroatoms. The third-order valence-corrected chi connectivity index (χ3v) is 6.59. The molecule has 2 aromatic carbocycles. The number of halogens is 2. The molecule has 0 bridgehead atoms. The van der Waals surface area contributed by atoms with E-state index in [0.717, 1.165) is 0 Å². The Balaban J connectivity index is 1.72. The minimum Gasteiger partial charge on any atom is -0.272 e. The van der Waals surface area contributed by atoms with E-state index in [4.69, 9.17) is 0 Å². The predicted octanol–water partition coefficient (Wildman–Crippen LogP) is 3.73. The van der Waals surface area contributed by atoms with E-state index in [0.29, 0.717) is 11.1 Å². The third-order valence-electron chi connectivity index (χ3n) is 4.18. The molecule has 134 valence electrons. The van der Waals surface area contributed by atoms with Gasteiger partial charge in [0.05, 0.1) is 11.5 Å². The second-order valence-electron chi connectivity index (χ2n) is 5.91. The number of rotatable bonds is 3. The van der Waals surface area contributed by atoms with Crippen LogP contribution in [0.1, 0.15) is 21.9 Å². The van der Waals surface area contributed by atoms with Gasteiger partial charge in [0, 0.05) is 0 Å². The molecule has 2 saturated heterocycles. The van der Waals surface area contributed by atoms with Crippen molar-refractivity contribution in [1.29, 1.82) is 0 Å². The van der Waals surface area contributed by atoms with Gasteiger partial charge in [-0.3, -0.25) is 9.59 Å². The first-order chi connectivity index (χ1) is 12.5. The van der Waals surface area contributed by atoms with Crippen LogP contribution in [0.5, 0.6) is 0 Å². The van der Waals surface area contributed by atoms with E-state index in [1.54, 1.807) is 24.3 Å². The van der Waals surface area contributed by atoms with Gasteiger partial charge < -0.3 is 0 Å². The third kappa shape index (κ3) is 3.07. The van der Waals surface area contributed by atoms with Gasteiger partial charge in [0.1, 0.15) is 22.4 Å². The fraction of sp³-hybridized carbons (Fsp3) is 0.222. The Bertz CT molecular complexity index is 808. The molecule has 0 aliphatic carbocycles. The number of amides is 2. The maximum atomic E-state index is 13.6. The van der Waals surface area contributed by atoms with E-state index in [1.165, 1.54) is 57.8 Å². The maximum Gasteiger partial charge on any atom is 0.252 e. The minimum absolute atomic E-state index is 0.200. The van der Waals surface area contributed by atoms with Crippen molar-refractivity contribution in [3.63, 3.8) is 0 Å². The summed E-state index contributed by atoms with van der Waals surface area (Å²) in [6, 6.07) is 12.0. The molecule has 2 aromatic rings. The Hall–Kier alpha value is -2.06.